The molecule has 30 heavy (non-hydrogen) atoms. The highest BCUT2D eigenvalue weighted by Crippen LogP contribution is 2.19. The van der Waals surface area contributed by atoms with Crippen molar-refractivity contribution < 1.29 is 9.53 Å². The fourth-order valence-corrected chi connectivity index (χ4v) is 3.43. The number of carbonyl (C=O) groups excluding carboxylic acids is 1. The average Bonchev–Trinajstić information content (AvgIpc) is 3.25. The van der Waals surface area contributed by atoms with Gasteiger partial charge in [0.15, 0.2) is 0 Å². The predicted octanol–water partition coefficient (Wildman–Crippen LogP) is 3.09. The Balaban J connectivity index is 1.84. The molecule has 0 fully saturated rings. The molecule has 2 aromatic carbocycles. The van der Waals surface area contributed by atoms with Crippen LogP contribution in [0.4, 0.5) is 0 Å². The lowest BCUT2D eigenvalue weighted by atomic mass is 10.1. The molecule has 1 amide bonds. The third-order valence-corrected chi connectivity index (χ3v) is 5.03. The van der Waals surface area contributed by atoms with Crippen LogP contribution in [0.1, 0.15) is 29.8 Å². The summed E-state index contributed by atoms with van der Waals surface area (Å²) in [5.74, 6) is 0.951. The zero-order valence-electron chi connectivity index (χ0n) is 17.3. The van der Waals surface area contributed by atoms with Crippen LogP contribution < -0.4 is 15.6 Å². The number of amides is 1. The smallest absolute Gasteiger partial charge is 0.277 e. The third kappa shape index (κ3) is 3.66. The zero-order chi connectivity index (χ0) is 21.3. The molecule has 0 aliphatic heterocycles. The van der Waals surface area contributed by atoms with Crippen LogP contribution in [0, 0.1) is 5.92 Å². The first-order valence-electron chi connectivity index (χ1n) is 9.89. The summed E-state index contributed by atoms with van der Waals surface area (Å²) in [5.41, 5.74) is 3.23. The Morgan fingerprint density at radius 1 is 1.07 bits per heavy atom. The van der Waals surface area contributed by atoms with Crippen molar-refractivity contribution in [2.45, 2.75) is 20.4 Å². The van der Waals surface area contributed by atoms with Crippen LogP contribution in [0.5, 0.6) is 5.75 Å². The van der Waals surface area contributed by atoms with Gasteiger partial charge in [-0.1, -0.05) is 26.0 Å². The molecule has 4 rings (SSSR count). The van der Waals surface area contributed by atoms with E-state index in [1.165, 1.54) is 0 Å². The van der Waals surface area contributed by atoms with E-state index in [1.54, 1.807) is 40.6 Å². The average molecular weight is 404 g/mol. The maximum Gasteiger partial charge on any atom is 0.277 e. The Labute approximate surface area is 173 Å². The van der Waals surface area contributed by atoms with Crippen LogP contribution >= 0.6 is 0 Å². The number of carbonyl (C=O) groups is 1. The fourth-order valence-electron chi connectivity index (χ4n) is 3.43. The number of hydrogen-bond acceptors (Lipinski definition) is 4. The lowest BCUT2D eigenvalue weighted by molar-refractivity contribution is 0.0949. The van der Waals surface area contributed by atoms with Crippen LogP contribution in [0.3, 0.4) is 0 Å². The Morgan fingerprint density at radius 3 is 2.53 bits per heavy atom. The zero-order valence-corrected chi connectivity index (χ0v) is 17.3. The van der Waals surface area contributed by atoms with Crippen molar-refractivity contribution in [3.63, 3.8) is 0 Å². The molecule has 2 heterocycles. The van der Waals surface area contributed by atoms with E-state index in [4.69, 9.17) is 4.74 Å². The predicted molar refractivity (Wildman–Crippen MR) is 116 cm³/mol. The first kappa shape index (κ1) is 19.7. The van der Waals surface area contributed by atoms with Gasteiger partial charge in [-0.15, -0.1) is 0 Å². The molecule has 0 aliphatic rings. The number of methoxy groups -OCH3 is 1. The van der Waals surface area contributed by atoms with Crippen molar-refractivity contribution in [2.24, 2.45) is 5.92 Å². The van der Waals surface area contributed by atoms with Gasteiger partial charge in [0.1, 0.15) is 11.3 Å². The van der Waals surface area contributed by atoms with E-state index in [9.17, 15) is 9.59 Å². The van der Waals surface area contributed by atoms with E-state index < -0.39 is 0 Å². The molecule has 4 aromatic rings. The molecule has 0 saturated carbocycles. The summed E-state index contributed by atoms with van der Waals surface area (Å²) in [6.45, 7) is 5.05. The van der Waals surface area contributed by atoms with Gasteiger partial charge in [-0.2, -0.15) is 5.10 Å². The molecule has 0 atom stereocenters. The lowest BCUT2D eigenvalue weighted by Crippen LogP contribution is -2.28. The van der Waals surface area contributed by atoms with Gasteiger partial charge in [-0.3, -0.25) is 9.59 Å². The lowest BCUT2D eigenvalue weighted by Gasteiger charge is -2.14. The van der Waals surface area contributed by atoms with E-state index in [-0.39, 0.29) is 11.5 Å². The number of nitrogens with one attached hydrogen (secondary N) is 1. The minimum absolute atomic E-state index is 0.157. The topological polar surface area (TPSA) is 77.6 Å². The largest absolute Gasteiger partial charge is 0.497 e. The molecule has 0 radical (unpaired) electrons. The number of fused-ring (bicyclic) bond motifs is 3. The van der Waals surface area contributed by atoms with Crippen LogP contribution in [0.15, 0.2) is 59.5 Å². The van der Waals surface area contributed by atoms with E-state index in [2.05, 4.69) is 10.4 Å². The third-order valence-electron chi connectivity index (χ3n) is 5.03. The Kier molecular flexibility index (Phi) is 5.27. The molecule has 7 nitrogen and oxygen atoms in total. The maximum atomic E-state index is 13.2. The quantitative estimate of drug-likeness (QED) is 0.536. The summed E-state index contributed by atoms with van der Waals surface area (Å²) in [5, 5.41) is 7.23. The molecular weight excluding hydrogens is 380 g/mol. The molecule has 154 valence electrons. The molecule has 2 aromatic heterocycles. The monoisotopic (exact) mass is 404 g/mol. The van der Waals surface area contributed by atoms with Gasteiger partial charge in [0.05, 0.1) is 30.9 Å². The number of ether oxygens (including phenoxy) is 1. The second-order valence-electron chi connectivity index (χ2n) is 7.67. The fraction of sp³-hybridized carbons (Fsp3) is 0.261. The van der Waals surface area contributed by atoms with Gasteiger partial charge in [0.2, 0.25) is 0 Å². The van der Waals surface area contributed by atoms with E-state index in [1.807, 2.05) is 44.2 Å². The van der Waals surface area contributed by atoms with Crippen molar-refractivity contribution in [3.8, 4) is 5.75 Å². The molecule has 0 spiro atoms. The normalized spacial score (nSPS) is 11.3. The maximum absolute atomic E-state index is 13.2. The summed E-state index contributed by atoms with van der Waals surface area (Å²) in [7, 11) is 1.62. The summed E-state index contributed by atoms with van der Waals surface area (Å²) in [4.78, 5) is 25.8. The second kappa shape index (κ2) is 8.02. The minimum Gasteiger partial charge on any atom is -0.497 e. The van der Waals surface area contributed by atoms with Gasteiger partial charge in [-0.25, -0.2) is 4.52 Å². The van der Waals surface area contributed by atoms with Crippen LogP contribution in [0.25, 0.3) is 16.6 Å². The number of rotatable bonds is 6. The summed E-state index contributed by atoms with van der Waals surface area (Å²) in [6.07, 6.45) is 1.61. The van der Waals surface area contributed by atoms with Gasteiger partial charge in [0.25, 0.3) is 11.5 Å². The standard InChI is InChI=1S/C23H24N4O3/c1-15(2)13-24-22(28)17-6-9-19-21(12-17)26(23(29)20-10-11-25-27(19)20)14-16-4-7-18(30-3)8-5-16/h4-12,15H,13-14H2,1-3H3,(H,24,28). The Morgan fingerprint density at radius 2 is 1.83 bits per heavy atom. The highest BCUT2D eigenvalue weighted by Gasteiger charge is 2.15. The van der Waals surface area contributed by atoms with E-state index >= 15 is 0 Å². The summed E-state index contributed by atoms with van der Waals surface area (Å²) < 4.78 is 8.53. The van der Waals surface area contributed by atoms with Crippen LogP contribution in [-0.4, -0.2) is 33.7 Å². The highest BCUT2D eigenvalue weighted by atomic mass is 16.5. The van der Waals surface area contributed by atoms with E-state index in [0.717, 1.165) is 16.8 Å². The summed E-state index contributed by atoms with van der Waals surface area (Å²) >= 11 is 0. The molecule has 0 saturated heterocycles. The first-order valence-corrected chi connectivity index (χ1v) is 9.89. The Bertz CT molecular complexity index is 1270. The van der Waals surface area contributed by atoms with Gasteiger partial charge in [0, 0.05) is 12.1 Å². The van der Waals surface area contributed by atoms with Crippen molar-refractivity contribution in [1.29, 1.82) is 0 Å². The first-order chi connectivity index (χ1) is 14.5. The SMILES string of the molecule is COc1ccc(Cn2c(=O)c3ccnn3c3ccc(C(=O)NCC(C)C)cc32)cc1. The van der Waals surface area contributed by atoms with Crippen molar-refractivity contribution in [3.05, 3.63) is 76.2 Å². The Hall–Kier alpha value is -3.61. The van der Waals surface area contributed by atoms with Gasteiger partial charge >= 0.3 is 0 Å². The molecule has 7 heteroatoms. The number of hydrogen-bond donors (Lipinski definition) is 1. The van der Waals surface area contributed by atoms with E-state index in [0.29, 0.717) is 35.6 Å². The number of nitrogens with zero attached hydrogens (tertiary/aromatic N) is 3. The van der Waals surface area contributed by atoms with Crippen molar-refractivity contribution in [2.75, 3.05) is 13.7 Å². The van der Waals surface area contributed by atoms with Gasteiger partial charge < -0.3 is 14.6 Å². The van der Waals surface area contributed by atoms with Crippen LogP contribution in [-0.2, 0) is 6.54 Å². The molecule has 1 N–H and O–H groups in total. The highest BCUT2D eigenvalue weighted by molar-refractivity contribution is 5.97. The van der Waals surface area contributed by atoms with Gasteiger partial charge in [-0.05, 0) is 47.9 Å². The minimum atomic E-state index is -0.158. The summed E-state index contributed by atoms with van der Waals surface area (Å²) in [6, 6.07) is 14.7. The molecule has 0 aliphatic carbocycles. The van der Waals surface area contributed by atoms with Crippen molar-refractivity contribution in [1.82, 2.24) is 19.5 Å². The van der Waals surface area contributed by atoms with Crippen molar-refractivity contribution >= 4 is 22.5 Å². The molecule has 0 bridgehead atoms. The van der Waals surface area contributed by atoms with Crippen LogP contribution in [0.2, 0.25) is 0 Å². The number of aromatic nitrogens is 3. The molecular formula is C23H24N4O3. The molecule has 0 unspecified atom stereocenters. The number of benzene rings is 2. The second-order valence-corrected chi connectivity index (χ2v) is 7.67.